The summed E-state index contributed by atoms with van der Waals surface area (Å²) in [5.74, 6) is 2.62. The van der Waals surface area contributed by atoms with E-state index >= 15 is 0 Å². The lowest BCUT2D eigenvalue weighted by atomic mass is 9.74. The minimum Gasteiger partial charge on any atom is -0.393 e. The molecule has 0 aromatic carbocycles. The van der Waals surface area contributed by atoms with Gasteiger partial charge in [0, 0.05) is 13.2 Å². The van der Waals surface area contributed by atoms with Gasteiger partial charge in [0.2, 0.25) is 0 Å². The number of hydrogen-bond acceptors (Lipinski definition) is 2. The Morgan fingerprint density at radius 1 is 1.18 bits per heavy atom. The summed E-state index contributed by atoms with van der Waals surface area (Å²) in [6.45, 7) is 10.6. The maximum atomic E-state index is 10.0. The number of rotatable bonds is 6. The maximum Gasteiger partial charge on any atom is 0.0569 e. The zero-order valence-corrected chi connectivity index (χ0v) is 12.0. The Hall–Kier alpha value is -0.0800. The van der Waals surface area contributed by atoms with E-state index in [1.807, 2.05) is 0 Å². The van der Waals surface area contributed by atoms with Crippen molar-refractivity contribution in [2.75, 3.05) is 13.2 Å². The van der Waals surface area contributed by atoms with Gasteiger partial charge in [0.25, 0.3) is 0 Å². The molecule has 0 aromatic rings. The van der Waals surface area contributed by atoms with E-state index in [1.165, 1.54) is 12.8 Å². The molecule has 3 unspecified atom stereocenters. The second-order valence-corrected chi connectivity index (χ2v) is 6.40. The minimum atomic E-state index is -0.0901. The zero-order valence-electron chi connectivity index (χ0n) is 12.0. The highest BCUT2D eigenvalue weighted by molar-refractivity contribution is 4.81. The van der Waals surface area contributed by atoms with E-state index in [4.69, 9.17) is 4.74 Å². The Labute approximate surface area is 107 Å². The third-order valence-corrected chi connectivity index (χ3v) is 4.01. The largest absolute Gasteiger partial charge is 0.393 e. The van der Waals surface area contributed by atoms with Crippen molar-refractivity contribution in [1.82, 2.24) is 0 Å². The zero-order chi connectivity index (χ0) is 12.8. The first-order valence-corrected chi connectivity index (χ1v) is 7.26. The van der Waals surface area contributed by atoms with Gasteiger partial charge in [0.05, 0.1) is 6.10 Å². The summed E-state index contributed by atoms with van der Waals surface area (Å²) < 4.78 is 5.63. The summed E-state index contributed by atoms with van der Waals surface area (Å²) >= 11 is 0. The molecule has 2 heteroatoms. The van der Waals surface area contributed by atoms with Gasteiger partial charge in [-0.3, -0.25) is 0 Å². The van der Waals surface area contributed by atoms with Crippen LogP contribution in [0.5, 0.6) is 0 Å². The summed E-state index contributed by atoms with van der Waals surface area (Å²) in [4.78, 5) is 0. The van der Waals surface area contributed by atoms with Gasteiger partial charge in [-0.1, -0.05) is 27.7 Å². The lowest BCUT2D eigenvalue weighted by Gasteiger charge is -2.35. The van der Waals surface area contributed by atoms with Gasteiger partial charge in [-0.05, 0) is 49.4 Å². The molecule has 2 nitrogen and oxygen atoms in total. The van der Waals surface area contributed by atoms with Crippen LogP contribution in [0.2, 0.25) is 0 Å². The van der Waals surface area contributed by atoms with Gasteiger partial charge in [0.1, 0.15) is 0 Å². The second-order valence-electron chi connectivity index (χ2n) is 6.40. The van der Waals surface area contributed by atoms with Crippen LogP contribution in [0.3, 0.4) is 0 Å². The van der Waals surface area contributed by atoms with E-state index in [2.05, 4.69) is 27.7 Å². The van der Waals surface area contributed by atoms with Gasteiger partial charge in [-0.25, -0.2) is 0 Å². The van der Waals surface area contributed by atoms with Gasteiger partial charge < -0.3 is 9.84 Å². The van der Waals surface area contributed by atoms with E-state index in [0.29, 0.717) is 11.8 Å². The average Bonchev–Trinajstić information content (AvgIpc) is 2.25. The van der Waals surface area contributed by atoms with Crippen LogP contribution < -0.4 is 0 Å². The molecule has 0 spiro atoms. The molecule has 1 N–H and O–H groups in total. The van der Waals surface area contributed by atoms with Crippen molar-refractivity contribution in [3.05, 3.63) is 0 Å². The topological polar surface area (TPSA) is 29.5 Å². The SMILES string of the molecule is CC(C)COCCC1CC(C(C)C)CCC1O. The van der Waals surface area contributed by atoms with Gasteiger partial charge >= 0.3 is 0 Å². The van der Waals surface area contributed by atoms with Crippen LogP contribution in [-0.2, 0) is 4.74 Å². The first-order valence-electron chi connectivity index (χ1n) is 7.26. The van der Waals surface area contributed by atoms with Gasteiger partial charge in [0.15, 0.2) is 0 Å². The van der Waals surface area contributed by atoms with Crippen molar-refractivity contribution in [3.63, 3.8) is 0 Å². The molecule has 1 saturated carbocycles. The molecule has 0 bridgehead atoms. The first kappa shape index (κ1) is 15.0. The highest BCUT2D eigenvalue weighted by atomic mass is 16.5. The van der Waals surface area contributed by atoms with Crippen LogP contribution >= 0.6 is 0 Å². The van der Waals surface area contributed by atoms with Crippen molar-refractivity contribution in [2.45, 2.75) is 59.5 Å². The molecular weight excluding hydrogens is 212 g/mol. The number of aliphatic hydroxyl groups is 1. The number of ether oxygens (including phenoxy) is 1. The van der Waals surface area contributed by atoms with E-state index in [0.717, 1.165) is 37.9 Å². The number of hydrogen-bond donors (Lipinski definition) is 1. The van der Waals surface area contributed by atoms with E-state index < -0.39 is 0 Å². The fourth-order valence-corrected chi connectivity index (χ4v) is 2.75. The molecule has 0 radical (unpaired) electrons. The Morgan fingerprint density at radius 2 is 1.88 bits per heavy atom. The van der Waals surface area contributed by atoms with Crippen molar-refractivity contribution in [2.24, 2.45) is 23.7 Å². The fraction of sp³-hybridized carbons (Fsp3) is 1.00. The quantitative estimate of drug-likeness (QED) is 0.723. The third kappa shape index (κ3) is 5.39. The normalized spacial score (nSPS) is 30.2. The Morgan fingerprint density at radius 3 is 2.47 bits per heavy atom. The van der Waals surface area contributed by atoms with Crippen LogP contribution in [-0.4, -0.2) is 24.4 Å². The molecule has 0 aromatic heterocycles. The molecule has 17 heavy (non-hydrogen) atoms. The van der Waals surface area contributed by atoms with Crippen LogP contribution in [0, 0.1) is 23.7 Å². The predicted octanol–water partition coefficient (Wildman–Crippen LogP) is 3.48. The smallest absolute Gasteiger partial charge is 0.0569 e. The molecule has 0 saturated heterocycles. The van der Waals surface area contributed by atoms with Crippen molar-refractivity contribution in [1.29, 1.82) is 0 Å². The summed E-state index contributed by atoms with van der Waals surface area (Å²) in [5.41, 5.74) is 0. The van der Waals surface area contributed by atoms with Crippen molar-refractivity contribution < 1.29 is 9.84 Å². The molecule has 102 valence electrons. The molecule has 0 aliphatic heterocycles. The second kappa shape index (κ2) is 7.38. The van der Waals surface area contributed by atoms with Crippen LogP contribution in [0.15, 0.2) is 0 Å². The van der Waals surface area contributed by atoms with Crippen LogP contribution in [0.25, 0.3) is 0 Å². The summed E-state index contributed by atoms with van der Waals surface area (Å²) in [6, 6.07) is 0. The van der Waals surface area contributed by atoms with Crippen molar-refractivity contribution >= 4 is 0 Å². The van der Waals surface area contributed by atoms with E-state index in [9.17, 15) is 5.11 Å². The lowest BCUT2D eigenvalue weighted by Crippen LogP contribution is -2.32. The highest BCUT2D eigenvalue weighted by Gasteiger charge is 2.30. The first-order chi connectivity index (χ1) is 8.00. The molecule has 1 aliphatic rings. The summed E-state index contributed by atoms with van der Waals surface area (Å²) in [5, 5.41) is 10.0. The van der Waals surface area contributed by atoms with Crippen LogP contribution in [0.4, 0.5) is 0 Å². The van der Waals surface area contributed by atoms with Crippen LogP contribution in [0.1, 0.15) is 53.4 Å². The molecule has 3 atom stereocenters. The third-order valence-electron chi connectivity index (χ3n) is 4.01. The molecule has 1 fully saturated rings. The fourth-order valence-electron chi connectivity index (χ4n) is 2.75. The minimum absolute atomic E-state index is 0.0901. The number of aliphatic hydroxyl groups excluding tert-OH is 1. The molecule has 0 amide bonds. The van der Waals surface area contributed by atoms with Crippen molar-refractivity contribution in [3.8, 4) is 0 Å². The predicted molar refractivity (Wildman–Crippen MR) is 71.9 cm³/mol. The molecule has 0 heterocycles. The van der Waals surface area contributed by atoms with Gasteiger partial charge in [-0.2, -0.15) is 0 Å². The van der Waals surface area contributed by atoms with Gasteiger partial charge in [-0.15, -0.1) is 0 Å². The standard InChI is InChI=1S/C15H30O2/c1-11(2)10-17-8-7-14-9-13(12(3)4)5-6-15(14)16/h11-16H,5-10H2,1-4H3. The van der Waals surface area contributed by atoms with E-state index in [-0.39, 0.29) is 6.10 Å². The Bertz CT molecular complexity index is 201. The average molecular weight is 242 g/mol. The Balaban J connectivity index is 2.25. The molecule has 1 aliphatic carbocycles. The molecular formula is C15H30O2. The molecule has 1 rings (SSSR count). The maximum absolute atomic E-state index is 10.0. The monoisotopic (exact) mass is 242 g/mol. The van der Waals surface area contributed by atoms with E-state index in [1.54, 1.807) is 0 Å². The summed E-state index contributed by atoms with van der Waals surface area (Å²) in [7, 11) is 0. The lowest BCUT2D eigenvalue weighted by molar-refractivity contribution is 0.0122. The Kier molecular flexibility index (Phi) is 6.50. The summed E-state index contributed by atoms with van der Waals surface area (Å²) in [6.07, 6.45) is 4.30. The highest BCUT2D eigenvalue weighted by Crippen LogP contribution is 2.35.